The van der Waals surface area contributed by atoms with Crippen LogP contribution in [0, 0.1) is 38.6 Å². The summed E-state index contributed by atoms with van der Waals surface area (Å²) in [6.07, 6.45) is 0. The molecule has 0 spiro atoms. The van der Waals surface area contributed by atoms with Crippen molar-refractivity contribution in [2.24, 2.45) is 0 Å². The number of anilines is 1. The van der Waals surface area contributed by atoms with Gasteiger partial charge in [-0.1, -0.05) is 0 Å². The number of nitro groups is 1. The Morgan fingerprint density at radius 2 is 1.95 bits per heavy atom. The van der Waals surface area contributed by atoms with Gasteiger partial charge in [0.1, 0.15) is 24.6 Å². The van der Waals surface area contributed by atoms with Crippen molar-refractivity contribution in [1.29, 1.82) is 10.5 Å². The number of benzene rings is 1. The molecule has 1 aromatic rings. The van der Waals surface area contributed by atoms with Gasteiger partial charge in [-0.2, -0.15) is 10.5 Å². The third-order valence-corrected chi connectivity index (χ3v) is 2.36. The van der Waals surface area contributed by atoms with E-state index in [1.165, 1.54) is 0 Å². The predicted octanol–water partition coefficient (Wildman–Crippen LogP) is 0.805. The molecule has 20 heavy (non-hydrogen) atoms. The third-order valence-electron chi connectivity index (χ3n) is 2.36. The fourth-order valence-corrected chi connectivity index (χ4v) is 1.47. The lowest BCUT2D eigenvalue weighted by Gasteiger charge is -2.16. The van der Waals surface area contributed by atoms with Crippen molar-refractivity contribution < 1.29 is 14.1 Å². The summed E-state index contributed by atoms with van der Waals surface area (Å²) in [5.74, 6) is -1.93. The average Bonchev–Trinajstić information content (AvgIpc) is 2.39. The molecule has 0 unspecified atom stereocenters. The van der Waals surface area contributed by atoms with Crippen molar-refractivity contribution in [3.63, 3.8) is 0 Å². The second kappa shape index (κ2) is 6.11. The molecule has 0 aliphatic rings. The number of rotatable bonds is 4. The van der Waals surface area contributed by atoms with E-state index < -0.39 is 46.7 Å². The summed E-state index contributed by atoms with van der Waals surface area (Å²) in [5.41, 5.74) is 3.75. The Bertz CT molecular complexity index is 631. The van der Waals surface area contributed by atoms with Crippen LogP contribution >= 0.6 is 0 Å². The molecule has 1 amide bonds. The van der Waals surface area contributed by atoms with Crippen molar-refractivity contribution in [1.82, 2.24) is 4.90 Å². The Morgan fingerprint density at radius 1 is 1.40 bits per heavy atom. The van der Waals surface area contributed by atoms with Crippen molar-refractivity contribution >= 4 is 17.3 Å². The summed E-state index contributed by atoms with van der Waals surface area (Å²) in [5, 5.41) is 27.8. The molecular formula is C11H8FN5O3. The maximum Gasteiger partial charge on any atom is 0.295 e. The van der Waals surface area contributed by atoms with Crippen LogP contribution in [0.2, 0.25) is 0 Å². The van der Waals surface area contributed by atoms with Gasteiger partial charge < -0.3 is 10.6 Å². The lowest BCUT2D eigenvalue weighted by atomic mass is 10.1. The monoisotopic (exact) mass is 277 g/mol. The summed E-state index contributed by atoms with van der Waals surface area (Å²) < 4.78 is 13.3. The van der Waals surface area contributed by atoms with Gasteiger partial charge in [-0.05, 0) is 6.07 Å². The van der Waals surface area contributed by atoms with E-state index in [2.05, 4.69) is 0 Å². The number of nitrogen functional groups attached to an aromatic ring is 1. The Hall–Kier alpha value is -3.20. The SMILES string of the molecule is N#CCN(CC#N)C(=O)c1cc(F)cc([N+](=O)[O-])c1N. The first-order valence-corrected chi connectivity index (χ1v) is 5.19. The molecule has 0 aliphatic carbocycles. The molecule has 0 radical (unpaired) electrons. The number of hydrogen-bond acceptors (Lipinski definition) is 6. The summed E-state index contributed by atoms with van der Waals surface area (Å²) in [6, 6.07) is 4.64. The Balaban J connectivity index is 3.32. The van der Waals surface area contributed by atoms with Gasteiger partial charge in [-0.3, -0.25) is 14.9 Å². The molecule has 0 atom stereocenters. The number of nitriles is 2. The second-order valence-electron chi connectivity index (χ2n) is 3.62. The van der Waals surface area contributed by atoms with Crippen LogP contribution in [-0.2, 0) is 0 Å². The molecule has 102 valence electrons. The Kier molecular flexibility index (Phi) is 4.54. The second-order valence-corrected chi connectivity index (χ2v) is 3.62. The van der Waals surface area contributed by atoms with Gasteiger partial charge in [0, 0.05) is 0 Å². The van der Waals surface area contributed by atoms with Crippen molar-refractivity contribution in [3.05, 3.63) is 33.6 Å². The number of nitrogens with two attached hydrogens (primary N) is 1. The number of nitrogens with zero attached hydrogens (tertiary/aromatic N) is 4. The zero-order chi connectivity index (χ0) is 15.3. The molecule has 0 aliphatic heterocycles. The predicted molar refractivity (Wildman–Crippen MR) is 64.6 cm³/mol. The van der Waals surface area contributed by atoms with Crippen LogP contribution in [0.1, 0.15) is 10.4 Å². The standard InChI is InChI=1S/C11H8FN5O3/c12-7-5-8(10(15)9(6-7)17(19)20)11(18)16(3-1-13)4-2-14/h5-6H,3-4,15H2. The van der Waals surface area contributed by atoms with Crippen LogP contribution in [0.15, 0.2) is 12.1 Å². The molecular weight excluding hydrogens is 269 g/mol. The average molecular weight is 277 g/mol. The normalized spacial score (nSPS) is 9.35. The molecule has 0 heterocycles. The lowest BCUT2D eigenvalue weighted by Crippen LogP contribution is -2.32. The van der Waals surface area contributed by atoms with E-state index >= 15 is 0 Å². The zero-order valence-electron chi connectivity index (χ0n) is 10.0. The van der Waals surface area contributed by atoms with Crippen LogP contribution in [0.4, 0.5) is 15.8 Å². The van der Waals surface area contributed by atoms with Gasteiger partial charge in [-0.15, -0.1) is 0 Å². The minimum atomic E-state index is -1.01. The molecule has 1 aromatic carbocycles. The largest absolute Gasteiger partial charge is 0.393 e. The van der Waals surface area contributed by atoms with Crippen molar-refractivity contribution in [2.75, 3.05) is 18.8 Å². The number of hydrogen-bond donors (Lipinski definition) is 1. The smallest absolute Gasteiger partial charge is 0.295 e. The van der Waals surface area contributed by atoms with Crippen LogP contribution in [-0.4, -0.2) is 28.8 Å². The van der Waals surface area contributed by atoms with Crippen LogP contribution in [0.3, 0.4) is 0 Å². The van der Waals surface area contributed by atoms with Gasteiger partial charge in [0.05, 0.1) is 28.7 Å². The summed E-state index contributed by atoms with van der Waals surface area (Å²) >= 11 is 0. The molecule has 9 heteroatoms. The first-order valence-electron chi connectivity index (χ1n) is 5.19. The van der Waals surface area contributed by atoms with Gasteiger partial charge in [0.2, 0.25) is 0 Å². The molecule has 0 aromatic heterocycles. The number of carbonyl (C=O) groups excluding carboxylic acids is 1. The highest BCUT2D eigenvalue weighted by atomic mass is 19.1. The molecule has 2 N–H and O–H groups in total. The van der Waals surface area contributed by atoms with Crippen LogP contribution < -0.4 is 5.73 Å². The first-order chi connectivity index (χ1) is 9.42. The lowest BCUT2D eigenvalue weighted by molar-refractivity contribution is -0.384. The van der Waals surface area contributed by atoms with Gasteiger partial charge >= 0.3 is 0 Å². The fraction of sp³-hybridized carbons (Fsp3) is 0.182. The number of nitro benzene ring substituents is 1. The Labute approximate surface area is 112 Å². The van der Waals surface area contributed by atoms with E-state index in [4.69, 9.17) is 16.3 Å². The zero-order valence-corrected chi connectivity index (χ0v) is 10.0. The number of halogens is 1. The first kappa shape index (κ1) is 14.9. The minimum Gasteiger partial charge on any atom is -0.393 e. The molecule has 0 fully saturated rings. The van der Waals surface area contributed by atoms with Crippen LogP contribution in [0.25, 0.3) is 0 Å². The molecule has 1 rings (SSSR count). The third kappa shape index (κ3) is 2.97. The molecule has 8 nitrogen and oxygen atoms in total. The van der Waals surface area contributed by atoms with Gasteiger partial charge in [0.15, 0.2) is 0 Å². The summed E-state index contributed by atoms with van der Waals surface area (Å²) in [6.45, 7) is -0.841. The molecule has 0 saturated heterocycles. The van der Waals surface area contributed by atoms with E-state index in [-0.39, 0.29) is 0 Å². The van der Waals surface area contributed by atoms with Crippen molar-refractivity contribution in [2.45, 2.75) is 0 Å². The molecule has 0 bridgehead atoms. The topological polar surface area (TPSA) is 137 Å². The fourth-order valence-electron chi connectivity index (χ4n) is 1.47. The highest BCUT2D eigenvalue weighted by molar-refractivity contribution is 6.01. The minimum absolute atomic E-state index is 0.420. The Morgan fingerprint density at radius 3 is 2.40 bits per heavy atom. The van der Waals surface area contributed by atoms with Crippen LogP contribution in [0.5, 0.6) is 0 Å². The number of carbonyl (C=O) groups is 1. The van der Waals surface area contributed by atoms with Gasteiger partial charge in [0.25, 0.3) is 11.6 Å². The highest BCUT2D eigenvalue weighted by Crippen LogP contribution is 2.27. The van der Waals surface area contributed by atoms with E-state index in [0.29, 0.717) is 6.07 Å². The maximum atomic E-state index is 13.3. The number of amides is 1. The van der Waals surface area contributed by atoms with Gasteiger partial charge in [-0.25, -0.2) is 4.39 Å². The highest BCUT2D eigenvalue weighted by Gasteiger charge is 2.25. The summed E-state index contributed by atoms with van der Waals surface area (Å²) in [7, 11) is 0. The van der Waals surface area contributed by atoms with E-state index in [9.17, 15) is 19.3 Å². The van der Waals surface area contributed by atoms with E-state index in [0.717, 1.165) is 11.0 Å². The van der Waals surface area contributed by atoms with E-state index in [1.807, 2.05) is 0 Å². The quantitative estimate of drug-likeness (QED) is 0.374. The van der Waals surface area contributed by atoms with E-state index in [1.54, 1.807) is 12.1 Å². The molecule has 0 saturated carbocycles. The van der Waals surface area contributed by atoms with Crippen molar-refractivity contribution in [3.8, 4) is 12.1 Å². The summed E-state index contributed by atoms with van der Waals surface area (Å²) in [4.78, 5) is 22.6. The maximum absolute atomic E-state index is 13.3.